The summed E-state index contributed by atoms with van der Waals surface area (Å²) in [5, 5.41) is 9.82. The number of hydrogen-bond acceptors (Lipinski definition) is 4. The first kappa shape index (κ1) is 13.1. The van der Waals surface area contributed by atoms with Crippen molar-refractivity contribution >= 4 is 17.9 Å². The number of aryl methyl sites for hydroxylation is 1. The number of nitrogens with zero attached hydrogens (tertiary/aromatic N) is 1. The van der Waals surface area contributed by atoms with Crippen LogP contribution in [-0.2, 0) is 9.53 Å². The Balaban J connectivity index is 1.99. The number of rotatable bonds is 2. The molecule has 1 aliphatic rings. The molecule has 0 unspecified atom stereocenters. The largest absolute Gasteiger partial charge is 0.507 e. The Morgan fingerprint density at radius 2 is 1.90 bits per heavy atom. The Kier molecular flexibility index (Phi) is 3.28. The lowest BCUT2D eigenvalue weighted by Gasteiger charge is -2.00. The van der Waals surface area contributed by atoms with Crippen LogP contribution in [0.1, 0.15) is 16.7 Å². The Bertz CT molecular complexity index is 761. The maximum atomic E-state index is 11.9. The molecule has 2 aromatic rings. The van der Waals surface area contributed by atoms with E-state index in [4.69, 9.17) is 4.74 Å². The number of carbonyl (C=O) groups excluding carboxylic acids is 1. The van der Waals surface area contributed by atoms with E-state index in [1.807, 2.05) is 37.3 Å². The van der Waals surface area contributed by atoms with Gasteiger partial charge in [0.05, 0.1) is 0 Å². The van der Waals surface area contributed by atoms with E-state index in [1.54, 1.807) is 18.2 Å². The van der Waals surface area contributed by atoms with Crippen LogP contribution in [0.5, 0.6) is 5.75 Å². The van der Waals surface area contributed by atoms with Gasteiger partial charge in [0, 0.05) is 11.1 Å². The van der Waals surface area contributed by atoms with Crippen molar-refractivity contribution in [2.75, 3.05) is 0 Å². The molecule has 0 aromatic heterocycles. The Labute approximate surface area is 122 Å². The van der Waals surface area contributed by atoms with Crippen LogP contribution in [0.25, 0.3) is 6.08 Å². The van der Waals surface area contributed by atoms with Crippen molar-refractivity contribution < 1.29 is 14.6 Å². The molecule has 2 aromatic carbocycles. The summed E-state index contributed by atoms with van der Waals surface area (Å²) >= 11 is 0. The van der Waals surface area contributed by atoms with Crippen molar-refractivity contribution in [3.05, 3.63) is 70.9 Å². The van der Waals surface area contributed by atoms with E-state index in [0.717, 1.165) is 11.1 Å². The number of aromatic hydroxyl groups is 1. The van der Waals surface area contributed by atoms with Crippen LogP contribution >= 0.6 is 0 Å². The lowest BCUT2D eigenvalue weighted by Crippen LogP contribution is -2.04. The van der Waals surface area contributed by atoms with Crippen molar-refractivity contribution in [2.24, 2.45) is 4.99 Å². The molecule has 21 heavy (non-hydrogen) atoms. The number of cyclic esters (lactones) is 1. The molecule has 0 amide bonds. The predicted molar refractivity (Wildman–Crippen MR) is 79.9 cm³/mol. The first-order valence-corrected chi connectivity index (χ1v) is 6.51. The van der Waals surface area contributed by atoms with Crippen LogP contribution < -0.4 is 0 Å². The predicted octanol–water partition coefficient (Wildman–Crippen LogP) is 3.05. The average Bonchev–Trinajstić information content (AvgIpc) is 2.85. The number of esters is 1. The summed E-state index contributed by atoms with van der Waals surface area (Å²) in [4.78, 5) is 16.1. The molecule has 0 saturated carbocycles. The van der Waals surface area contributed by atoms with Crippen molar-refractivity contribution in [1.29, 1.82) is 0 Å². The molecule has 0 saturated heterocycles. The van der Waals surface area contributed by atoms with E-state index in [-0.39, 0.29) is 17.3 Å². The van der Waals surface area contributed by atoms with E-state index in [1.165, 1.54) is 6.08 Å². The van der Waals surface area contributed by atoms with Crippen LogP contribution in [0, 0.1) is 6.92 Å². The van der Waals surface area contributed by atoms with Crippen molar-refractivity contribution in [1.82, 2.24) is 0 Å². The third-order valence-electron chi connectivity index (χ3n) is 3.12. The van der Waals surface area contributed by atoms with Gasteiger partial charge in [-0.25, -0.2) is 9.79 Å². The standard InChI is InChI=1S/C17H13NO3/c1-11-7-8-15(19)13(9-11)10-14-17(20)21-16(18-14)12-5-3-2-4-6-12/h2-10,19H,1H3/b14-10+. The minimum Gasteiger partial charge on any atom is -0.507 e. The van der Waals surface area contributed by atoms with E-state index < -0.39 is 5.97 Å². The number of phenolic OH excluding ortho intramolecular Hbond substituents is 1. The lowest BCUT2D eigenvalue weighted by molar-refractivity contribution is -0.129. The molecule has 3 rings (SSSR count). The quantitative estimate of drug-likeness (QED) is 0.679. The number of aliphatic imine (C=N–C) groups is 1. The maximum Gasteiger partial charge on any atom is 0.363 e. The van der Waals surface area contributed by atoms with Gasteiger partial charge in [-0.1, -0.05) is 29.8 Å². The summed E-state index contributed by atoms with van der Waals surface area (Å²) in [5.41, 5.74) is 2.44. The molecule has 0 aliphatic carbocycles. The molecule has 104 valence electrons. The topological polar surface area (TPSA) is 58.9 Å². The zero-order chi connectivity index (χ0) is 14.8. The van der Waals surface area contributed by atoms with Gasteiger partial charge in [0.25, 0.3) is 0 Å². The average molecular weight is 279 g/mol. The van der Waals surface area contributed by atoms with E-state index in [9.17, 15) is 9.90 Å². The van der Waals surface area contributed by atoms with Gasteiger partial charge in [-0.3, -0.25) is 0 Å². The highest BCUT2D eigenvalue weighted by atomic mass is 16.6. The van der Waals surface area contributed by atoms with Gasteiger partial charge in [-0.05, 0) is 37.3 Å². The zero-order valence-electron chi connectivity index (χ0n) is 11.4. The monoisotopic (exact) mass is 279 g/mol. The number of carbonyl (C=O) groups is 1. The molecular formula is C17H13NO3. The first-order valence-electron chi connectivity index (χ1n) is 6.51. The molecule has 1 aliphatic heterocycles. The van der Waals surface area contributed by atoms with Gasteiger partial charge in [0.1, 0.15) is 5.75 Å². The van der Waals surface area contributed by atoms with Crippen LogP contribution in [0.4, 0.5) is 0 Å². The molecule has 1 N–H and O–H groups in total. The minimum absolute atomic E-state index is 0.101. The van der Waals surface area contributed by atoms with Crippen LogP contribution in [0.3, 0.4) is 0 Å². The molecule has 0 bridgehead atoms. The molecule has 4 heteroatoms. The highest BCUT2D eigenvalue weighted by Crippen LogP contribution is 2.24. The molecule has 0 atom stereocenters. The summed E-state index contributed by atoms with van der Waals surface area (Å²) in [6.07, 6.45) is 1.53. The fourth-order valence-electron chi connectivity index (χ4n) is 2.05. The molecule has 0 radical (unpaired) electrons. The number of ether oxygens (including phenoxy) is 1. The normalized spacial score (nSPS) is 16.0. The Hall–Kier alpha value is -2.88. The minimum atomic E-state index is -0.519. The Morgan fingerprint density at radius 3 is 2.67 bits per heavy atom. The summed E-state index contributed by atoms with van der Waals surface area (Å²) in [5.74, 6) is -0.141. The van der Waals surface area contributed by atoms with E-state index in [2.05, 4.69) is 4.99 Å². The molecule has 4 nitrogen and oxygen atoms in total. The summed E-state index contributed by atoms with van der Waals surface area (Å²) in [6, 6.07) is 14.4. The van der Waals surface area contributed by atoms with Crippen molar-refractivity contribution in [3.63, 3.8) is 0 Å². The third kappa shape index (κ3) is 2.69. The van der Waals surface area contributed by atoms with Gasteiger partial charge in [0.15, 0.2) is 5.70 Å². The van der Waals surface area contributed by atoms with Gasteiger partial charge >= 0.3 is 5.97 Å². The van der Waals surface area contributed by atoms with E-state index in [0.29, 0.717) is 5.56 Å². The van der Waals surface area contributed by atoms with Crippen molar-refractivity contribution in [2.45, 2.75) is 6.92 Å². The number of hydrogen-bond donors (Lipinski definition) is 1. The van der Waals surface area contributed by atoms with Gasteiger partial charge < -0.3 is 9.84 Å². The summed E-state index contributed by atoms with van der Waals surface area (Å²) in [6.45, 7) is 1.91. The smallest absolute Gasteiger partial charge is 0.363 e. The fourth-order valence-corrected chi connectivity index (χ4v) is 2.05. The molecule has 1 heterocycles. The molecule has 0 spiro atoms. The van der Waals surface area contributed by atoms with Gasteiger partial charge in [-0.15, -0.1) is 0 Å². The second-order valence-electron chi connectivity index (χ2n) is 4.76. The fraction of sp³-hybridized carbons (Fsp3) is 0.0588. The van der Waals surface area contributed by atoms with Crippen molar-refractivity contribution in [3.8, 4) is 5.75 Å². The number of phenols is 1. The summed E-state index contributed by atoms with van der Waals surface area (Å²) in [7, 11) is 0. The SMILES string of the molecule is Cc1ccc(O)c(/C=C2/N=C(c3ccccc3)OC2=O)c1. The van der Waals surface area contributed by atoms with Gasteiger partial charge in [0.2, 0.25) is 5.90 Å². The highest BCUT2D eigenvalue weighted by molar-refractivity contribution is 6.12. The lowest BCUT2D eigenvalue weighted by atomic mass is 10.1. The highest BCUT2D eigenvalue weighted by Gasteiger charge is 2.24. The Morgan fingerprint density at radius 1 is 1.14 bits per heavy atom. The molecular weight excluding hydrogens is 266 g/mol. The van der Waals surface area contributed by atoms with Crippen LogP contribution in [0.2, 0.25) is 0 Å². The summed E-state index contributed by atoms with van der Waals surface area (Å²) < 4.78 is 5.16. The van der Waals surface area contributed by atoms with E-state index >= 15 is 0 Å². The third-order valence-corrected chi connectivity index (χ3v) is 3.12. The van der Waals surface area contributed by atoms with Crippen LogP contribution in [-0.4, -0.2) is 17.0 Å². The van der Waals surface area contributed by atoms with Gasteiger partial charge in [-0.2, -0.15) is 0 Å². The zero-order valence-corrected chi connectivity index (χ0v) is 11.4. The second kappa shape index (κ2) is 5.25. The first-order chi connectivity index (χ1) is 10.1. The maximum absolute atomic E-state index is 11.9. The van der Waals surface area contributed by atoms with Crippen LogP contribution in [0.15, 0.2) is 59.2 Å². The molecule has 0 fully saturated rings. The second-order valence-corrected chi connectivity index (χ2v) is 4.76. The number of benzene rings is 2.